The maximum atomic E-state index is 10.5. The van der Waals surface area contributed by atoms with E-state index in [4.69, 9.17) is 5.11 Å². The fraction of sp³-hybridized carbons (Fsp3) is 0.348. The number of aliphatic hydroxyl groups excluding tert-OH is 1. The molecule has 1 unspecified atom stereocenters. The second-order valence-electron chi connectivity index (χ2n) is 7.26. The Morgan fingerprint density at radius 2 is 1.60 bits per heavy atom. The Bertz CT molecular complexity index is 634. The maximum Gasteiger partial charge on any atom is 0.123 e. The fourth-order valence-electron chi connectivity index (χ4n) is 2.31. The minimum atomic E-state index is 0.106. The highest BCUT2D eigenvalue weighted by Gasteiger charge is 2.13. The van der Waals surface area contributed by atoms with E-state index >= 15 is 0 Å². The first kappa shape index (κ1) is 20.9. The topological polar surface area (TPSA) is 37.3 Å². The summed E-state index contributed by atoms with van der Waals surface area (Å²) in [6.45, 7) is 8.67. The van der Waals surface area contributed by atoms with Crippen molar-refractivity contribution in [3.05, 3.63) is 77.4 Å². The first-order chi connectivity index (χ1) is 11.9. The van der Waals surface area contributed by atoms with Crippen LogP contribution in [0, 0.1) is 5.92 Å². The number of carbonyl (C=O) groups excluding carboxylic acids is 1. The van der Waals surface area contributed by atoms with Crippen LogP contribution in [-0.4, -0.2) is 18.0 Å². The van der Waals surface area contributed by atoms with Gasteiger partial charge in [-0.15, -0.1) is 0 Å². The molecule has 0 amide bonds. The second-order valence-corrected chi connectivity index (χ2v) is 7.26. The van der Waals surface area contributed by atoms with Gasteiger partial charge in [-0.3, -0.25) is 0 Å². The summed E-state index contributed by atoms with van der Waals surface area (Å²) in [4.78, 5) is 10.5. The zero-order chi connectivity index (χ0) is 18.7. The lowest BCUT2D eigenvalue weighted by atomic mass is 9.86. The van der Waals surface area contributed by atoms with E-state index in [9.17, 15) is 4.79 Å². The van der Waals surface area contributed by atoms with Crippen LogP contribution in [0.2, 0.25) is 0 Å². The summed E-state index contributed by atoms with van der Waals surface area (Å²) in [6, 6.07) is 18.5. The lowest BCUT2D eigenvalue weighted by molar-refractivity contribution is -0.110. The Hall–Kier alpha value is -2.19. The number of benzene rings is 2. The van der Waals surface area contributed by atoms with Gasteiger partial charge in [0.1, 0.15) is 6.29 Å². The molecule has 0 heterocycles. The predicted molar refractivity (Wildman–Crippen MR) is 107 cm³/mol. The van der Waals surface area contributed by atoms with E-state index in [0.29, 0.717) is 0 Å². The van der Waals surface area contributed by atoms with Gasteiger partial charge in [0.2, 0.25) is 0 Å². The molecule has 1 atom stereocenters. The summed E-state index contributed by atoms with van der Waals surface area (Å²) < 4.78 is 0. The molecule has 134 valence electrons. The monoisotopic (exact) mass is 338 g/mol. The molecular weight excluding hydrogens is 308 g/mol. The number of carbonyl (C=O) groups is 1. The van der Waals surface area contributed by atoms with Gasteiger partial charge in [-0.05, 0) is 28.5 Å². The average molecular weight is 338 g/mol. The molecule has 25 heavy (non-hydrogen) atoms. The van der Waals surface area contributed by atoms with E-state index in [2.05, 4.69) is 45.0 Å². The molecule has 0 bridgehead atoms. The van der Waals surface area contributed by atoms with Crippen molar-refractivity contribution in [2.24, 2.45) is 5.92 Å². The fourth-order valence-corrected chi connectivity index (χ4v) is 2.31. The van der Waals surface area contributed by atoms with E-state index in [1.807, 2.05) is 43.3 Å². The molecule has 1 N–H and O–H groups in total. The third kappa shape index (κ3) is 8.46. The Kier molecular flexibility index (Phi) is 8.87. The number of aliphatic hydroxyl groups is 1. The number of hydrogen-bond acceptors (Lipinski definition) is 2. The maximum absolute atomic E-state index is 10.5. The Morgan fingerprint density at radius 1 is 1.00 bits per heavy atom. The van der Waals surface area contributed by atoms with Gasteiger partial charge in [0.15, 0.2) is 0 Å². The third-order valence-electron chi connectivity index (χ3n) is 3.83. The molecule has 2 aromatic rings. The highest BCUT2D eigenvalue weighted by molar-refractivity contribution is 5.53. The molecule has 0 aliphatic heterocycles. The Labute approximate surface area is 152 Å². The summed E-state index contributed by atoms with van der Waals surface area (Å²) in [5, 5.41) is 8.44. The first-order valence-corrected chi connectivity index (χ1v) is 8.74. The van der Waals surface area contributed by atoms with Crippen LogP contribution in [0.3, 0.4) is 0 Å². The van der Waals surface area contributed by atoms with Gasteiger partial charge >= 0.3 is 0 Å². The molecule has 0 aliphatic carbocycles. The largest absolute Gasteiger partial charge is 0.392 e. The van der Waals surface area contributed by atoms with Gasteiger partial charge < -0.3 is 9.90 Å². The van der Waals surface area contributed by atoms with Crippen molar-refractivity contribution in [2.75, 3.05) is 6.61 Å². The molecule has 0 saturated heterocycles. The highest BCUT2D eigenvalue weighted by Crippen LogP contribution is 2.22. The van der Waals surface area contributed by atoms with E-state index < -0.39 is 0 Å². The van der Waals surface area contributed by atoms with E-state index in [1.165, 1.54) is 11.1 Å². The summed E-state index contributed by atoms with van der Waals surface area (Å²) in [7, 11) is 0. The van der Waals surface area contributed by atoms with E-state index in [1.54, 1.807) is 6.08 Å². The van der Waals surface area contributed by atoms with Crippen LogP contribution in [-0.2, 0) is 16.6 Å². The molecule has 0 spiro atoms. The van der Waals surface area contributed by atoms with Crippen LogP contribution >= 0.6 is 0 Å². The molecule has 0 aliphatic rings. The number of hydrogen-bond donors (Lipinski definition) is 1. The number of aldehydes is 1. The summed E-state index contributed by atoms with van der Waals surface area (Å²) in [6.07, 6.45) is 5.46. The van der Waals surface area contributed by atoms with Crippen LogP contribution in [0.15, 0.2) is 60.7 Å². The molecule has 2 nitrogen and oxygen atoms in total. The lowest BCUT2D eigenvalue weighted by Gasteiger charge is -2.19. The van der Waals surface area contributed by atoms with Crippen molar-refractivity contribution in [1.82, 2.24) is 0 Å². The average Bonchev–Trinajstić information content (AvgIpc) is 2.61. The van der Waals surface area contributed by atoms with Gasteiger partial charge in [0.25, 0.3) is 0 Å². The standard InChI is InChI=1S/C14H20O.C9H10O/c1-11(10-15)9-12-5-7-13(8-6-12)14(2,3)4;10-8-4-7-9-5-2-1-3-6-9/h5-8,10-11H,9H2,1-4H3;1-7,10H,8H2. The Balaban J connectivity index is 0.000000271. The van der Waals surface area contributed by atoms with Crippen molar-refractivity contribution in [1.29, 1.82) is 0 Å². The van der Waals surface area contributed by atoms with Crippen molar-refractivity contribution >= 4 is 12.4 Å². The van der Waals surface area contributed by atoms with Crippen LogP contribution in [0.5, 0.6) is 0 Å². The molecule has 2 heteroatoms. The predicted octanol–water partition coefficient (Wildman–Crippen LogP) is 5.05. The summed E-state index contributed by atoms with van der Waals surface area (Å²) >= 11 is 0. The second kappa shape index (κ2) is 10.6. The van der Waals surface area contributed by atoms with Crippen LogP contribution in [0.4, 0.5) is 0 Å². The van der Waals surface area contributed by atoms with Gasteiger partial charge in [-0.1, -0.05) is 94.4 Å². The molecular formula is C23H30O2. The normalized spacial score (nSPS) is 12.4. The van der Waals surface area contributed by atoms with E-state index in [-0.39, 0.29) is 17.9 Å². The quantitative estimate of drug-likeness (QED) is 0.774. The SMILES string of the molecule is CC(C=O)Cc1ccc(C(C)(C)C)cc1.OCC=Cc1ccccc1. The van der Waals surface area contributed by atoms with Crippen molar-refractivity contribution in [3.63, 3.8) is 0 Å². The molecule has 0 saturated carbocycles. The molecule has 2 rings (SSSR count). The lowest BCUT2D eigenvalue weighted by Crippen LogP contribution is -2.11. The molecule has 0 radical (unpaired) electrons. The zero-order valence-electron chi connectivity index (χ0n) is 15.8. The Morgan fingerprint density at radius 3 is 2.08 bits per heavy atom. The van der Waals surface area contributed by atoms with Gasteiger partial charge in [0.05, 0.1) is 6.61 Å². The summed E-state index contributed by atoms with van der Waals surface area (Å²) in [5.41, 5.74) is 3.90. The van der Waals surface area contributed by atoms with Crippen LogP contribution in [0.1, 0.15) is 44.4 Å². The minimum absolute atomic E-state index is 0.106. The molecule has 0 aromatic heterocycles. The van der Waals surface area contributed by atoms with Gasteiger partial charge in [0, 0.05) is 5.92 Å². The first-order valence-electron chi connectivity index (χ1n) is 8.74. The van der Waals surface area contributed by atoms with Gasteiger partial charge in [-0.25, -0.2) is 0 Å². The number of rotatable bonds is 5. The van der Waals surface area contributed by atoms with Crippen LogP contribution in [0.25, 0.3) is 6.08 Å². The van der Waals surface area contributed by atoms with Crippen molar-refractivity contribution in [2.45, 2.75) is 39.5 Å². The minimum Gasteiger partial charge on any atom is -0.392 e. The van der Waals surface area contributed by atoms with Crippen molar-refractivity contribution < 1.29 is 9.90 Å². The van der Waals surface area contributed by atoms with Gasteiger partial charge in [-0.2, -0.15) is 0 Å². The highest BCUT2D eigenvalue weighted by atomic mass is 16.2. The third-order valence-corrected chi connectivity index (χ3v) is 3.83. The van der Waals surface area contributed by atoms with E-state index in [0.717, 1.165) is 18.3 Å². The van der Waals surface area contributed by atoms with Crippen molar-refractivity contribution in [3.8, 4) is 0 Å². The summed E-state index contributed by atoms with van der Waals surface area (Å²) in [5.74, 6) is 0.116. The molecule has 0 fully saturated rings. The smallest absolute Gasteiger partial charge is 0.123 e. The van der Waals surface area contributed by atoms with Crippen LogP contribution < -0.4 is 0 Å². The molecule has 2 aromatic carbocycles. The zero-order valence-corrected chi connectivity index (χ0v) is 15.8.